The van der Waals surface area contributed by atoms with Crippen LogP contribution < -0.4 is 15.6 Å². The summed E-state index contributed by atoms with van der Waals surface area (Å²) in [6.07, 6.45) is 2.94. The minimum Gasteiger partial charge on any atom is -0.496 e. The van der Waals surface area contributed by atoms with Gasteiger partial charge in [0.2, 0.25) is 0 Å². The minimum atomic E-state index is -0.535. The van der Waals surface area contributed by atoms with Crippen molar-refractivity contribution in [2.75, 3.05) is 7.11 Å². The minimum absolute atomic E-state index is 0.222. The second kappa shape index (κ2) is 7.41. The number of rotatable bonds is 3. The second-order valence-electron chi connectivity index (χ2n) is 4.12. The van der Waals surface area contributed by atoms with E-state index >= 15 is 0 Å². The number of aromatic nitrogens is 1. The van der Waals surface area contributed by atoms with Crippen LogP contribution in [0, 0.1) is 3.57 Å². The molecule has 22 heavy (non-hydrogen) atoms. The van der Waals surface area contributed by atoms with Gasteiger partial charge in [-0.25, -0.2) is 0 Å². The van der Waals surface area contributed by atoms with Crippen molar-refractivity contribution in [3.8, 4) is 5.75 Å². The third kappa shape index (κ3) is 3.86. The molecule has 0 saturated carbocycles. The molecule has 1 aromatic heterocycles. The third-order valence-corrected chi connectivity index (χ3v) is 4.22. The van der Waals surface area contributed by atoms with E-state index in [2.05, 4.69) is 15.8 Å². The van der Waals surface area contributed by atoms with Crippen molar-refractivity contribution in [2.24, 2.45) is 0 Å². The lowest BCUT2D eigenvalue weighted by molar-refractivity contribution is 0.0844. The average Bonchev–Trinajstić information content (AvgIpc) is 2.55. The Morgan fingerprint density at radius 2 is 2.00 bits per heavy atom. The molecule has 0 saturated heterocycles. The van der Waals surface area contributed by atoms with E-state index in [9.17, 15) is 9.59 Å². The molecule has 0 aliphatic heterocycles. The maximum atomic E-state index is 12.1. The standard InChI is InChI=1S/C14H11ClIN3O3/c1-22-12-6-11(16)10(15)5-9(12)14(21)19-18-13(20)8-3-2-4-17-7-8/h2-7H,1H3,(H,18,20)(H,19,21). The van der Waals surface area contributed by atoms with Crippen molar-refractivity contribution in [3.63, 3.8) is 0 Å². The predicted octanol–water partition coefficient (Wildman–Crippen LogP) is 2.42. The van der Waals surface area contributed by atoms with Gasteiger partial charge in [-0.05, 0) is 46.9 Å². The van der Waals surface area contributed by atoms with Crippen LogP contribution in [0.4, 0.5) is 0 Å². The highest BCUT2D eigenvalue weighted by Crippen LogP contribution is 2.28. The van der Waals surface area contributed by atoms with Gasteiger partial charge in [0.1, 0.15) is 5.75 Å². The zero-order chi connectivity index (χ0) is 16.1. The number of hydrogen-bond acceptors (Lipinski definition) is 4. The van der Waals surface area contributed by atoms with Gasteiger partial charge in [0.05, 0.1) is 23.3 Å². The molecule has 0 unspecified atom stereocenters. The Morgan fingerprint density at radius 1 is 1.27 bits per heavy atom. The normalized spacial score (nSPS) is 9.95. The van der Waals surface area contributed by atoms with Crippen molar-refractivity contribution < 1.29 is 14.3 Å². The Kier molecular flexibility index (Phi) is 5.56. The number of ether oxygens (including phenoxy) is 1. The van der Waals surface area contributed by atoms with E-state index < -0.39 is 11.8 Å². The number of benzene rings is 1. The molecule has 2 aromatic rings. The number of amides is 2. The summed E-state index contributed by atoms with van der Waals surface area (Å²) < 4.78 is 5.90. The molecule has 2 amide bonds. The molecule has 0 fully saturated rings. The molecular weight excluding hydrogens is 421 g/mol. The largest absolute Gasteiger partial charge is 0.496 e. The molecule has 0 aliphatic carbocycles. The van der Waals surface area contributed by atoms with Gasteiger partial charge in [0.15, 0.2) is 0 Å². The first-order chi connectivity index (χ1) is 10.5. The number of halogens is 2. The van der Waals surface area contributed by atoms with Crippen LogP contribution in [0.5, 0.6) is 5.75 Å². The summed E-state index contributed by atoms with van der Waals surface area (Å²) in [7, 11) is 1.45. The zero-order valence-corrected chi connectivity index (χ0v) is 14.3. The molecule has 6 nitrogen and oxygen atoms in total. The summed E-state index contributed by atoms with van der Waals surface area (Å²) in [6.45, 7) is 0. The Balaban J connectivity index is 2.10. The highest BCUT2D eigenvalue weighted by molar-refractivity contribution is 14.1. The average molecular weight is 432 g/mol. The molecule has 0 spiro atoms. The van der Waals surface area contributed by atoms with Gasteiger partial charge in [-0.3, -0.25) is 25.4 Å². The van der Waals surface area contributed by atoms with E-state index in [4.69, 9.17) is 16.3 Å². The van der Waals surface area contributed by atoms with Crippen molar-refractivity contribution in [3.05, 3.63) is 56.4 Å². The second-order valence-corrected chi connectivity index (χ2v) is 5.69. The van der Waals surface area contributed by atoms with Crippen molar-refractivity contribution >= 4 is 46.0 Å². The van der Waals surface area contributed by atoms with Crippen LogP contribution in [-0.4, -0.2) is 23.9 Å². The van der Waals surface area contributed by atoms with Crippen molar-refractivity contribution in [2.45, 2.75) is 0 Å². The Morgan fingerprint density at radius 3 is 2.64 bits per heavy atom. The lowest BCUT2D eigenvalue weighted by Gasteiger charge is -2.11. The first-order valence-corrected chi connectivity index (χ1v) is 7.52. The number of carbonyl (C=O) groups is 2. The van der Waals surface area contributed by atoms with Crippen LogP contribution in [0.15, 0.2) is 36.7 Å². The van der Waals surface area contributed by atoms with Gasteiger partial charge in [0.25, 0.3) is 11.8 Å². The van der Waals surface area contributed by atoms with Crippen molar-refractivity contribution in [1.82, 2.24) is 15.8 Å². The number of methoxy groups -OCH3 is 1. The van der Waals surface area contributed by atoms with Gasteiger partial charge >= 0.3 is 0 Å². The highest BCUT2D eigenvalue weighted by Gasteiger charge is 2.16. The first kappa shape index (κ1) is 16.5. The highest BCUT2D eigenvalue weighted by atomic mass is 127. The number of nitrogens with zero attached hydrogens (tertiary/aromatic N) is 1. The Bertz CT molecular complexity index is 710. The lowest BCUT2D eigenvalue weighted by atomic mass is 10.2. The van der Waals surface area contributed by atoms with Crippen LogP contribution in [-0.2, 0) is 0 Å². The molecule has 0 bridgehead atoms. The maximum absolute atomic E-state index is 12.1. The first-order valence-electron chi connectivity index (χ1n) is 6.06. The van der Waals surface area contributed by atoms with Crippen LogP contribution in [0.3, 0.4) is 0 Å². The summed E-state index contributed by atoms with van der Waals surface area (Å²) in [5.41, 5.74) is 5.17. The predicted molar refractivity (Wildman–Crippen MR) is 89.9 cm³/mol. The van der Waals surface area contributed by atoms with Crippen LogP contribution in [0.1, 0.15) is 20.7 Å². The molecule has 0 radical (unpaired) electrons. The summed E-state index contributed by atoms with van der Waals surface area (Å²) in [5, 5.41) is 0.421. The number of pyridine rings is 1. The molecule has 1 aromatic carbocycles. The molecular formula is C14H11ClIN3O3. The fourth-order valence-corrected chi connectivity index (χ4v) is 2.23. The zero-order valence-electron chi connectivity index (χ0n) is 11.4. The number of nitrogens with one attached hydrogen (secondary N) is 2. The molecule has 0 atom stereocenters. The van der Waals surface area contributed by atoms with E-state index in [0.29, 0.717) is 16.3 Å². The smallest absolute Gasteiger partial charge is 0.273 e. The van der Waals surface area contributed by atoms with Gasteiger partial charge in [0, 0.05) is 16.0 Å². The maximum Gasteiger partial charge on any atom is 0.273 e. The third-order valence-electron chi connectivity index (χ3n) is 2.70. The van der Waals surface area contributed by atoms with Gasteiger partial charge < -0.3 is 4.74 Å². The number of carbonyl (C=O) groups excluding carboxylic acids is 2. The van der Waals surface area contributed by atoms with Gasteiger partial charge in [-0.15, -0.1) is 0 Å². The van der Waals surface area contributed by atoms with E-state index in [1.165, 1.54) is 19.4 Å². The molecule has 0 aliphatic rings. The van der Waals surface area contributed by atoms with Gasteiger partial charge in [-0.2, -0.15) is 0 Å². The molecule has 8 heteroatoms. The lowest BCUT2D eigenvalue weighted by Crippen LogP contribution is -2.41. The van der Waals surface area contributed by atoms with Crippen LogP contribution >= 0.6 is 34.2 Å². The molecule has 1 heterocycles. The fraction of sp³-hybridized carbons (Fsp3) is 0.0714. The molecule has 2 N–H and O–H groups in total. The summed E-state index contributed by atoms with van der Waals surface area (Å²) >= 11 is 8.04. The summed E-state index contributed by atoms with van der Waals surface area (Å²) in [6, 6.07) is 6.32. The quantitative estimate of drug-likeness (QED) is 0.578. The molecule has 2 rings (SSSR count). The SMILES string of the molecule is COc1cc(I)c(Cl)cc1C(=O)NNC(=O)c1cccnc1. The Labute approximate surface area is 145 Å². The Hall–Kier alpha value is -1.87. The topological polar surface area (TPSA) is 80.3 Å². The van der Waals surface area contributed by atoms with E-state index in [0.717, 1.165) is 3.57 Å². The fourth-order valence-electron chi connectivity index (χ4n) is 1.63. The van der Waals surface area contributed by atoms with Crippen LogP contribution in [0.25, 0.3) is 0 Å². The number of hydrazine groups is 1. The van der Waals surface area contributed by atoms with E-state index in [1.54, 1.807) is 24.4 Å². The monoisotopic (exact) mass is 431 g/mol. The summed E-state index contributed by atoms with van der Waals surface area (Å²) in [5.74, 6) is -0.647. The van der Waals surface area contributed by atoms with E-state index in [1.807, 2.05) is 22.6 Å². The van der Waals surface area contributed by atoms with Gasteiger partial charge in [-0.1, -0.05) is 11.6 Å². The van der Waals surface area contributed by atoms with Crippen LogP contribution in [0.2, 0.25) is 5.02 Å². The molecule has 114 valence electrons. The number of hydrogen-bond donors (Lipinski definition) is 2. The summed E-state index contributed by atoms with van der Waals surface area (Å²) in [4.78, 5) is 27.8. The van der Waals surface area contributed by atoms with Crippen molar-refractivity contribution in [1.29, 1.82) is 0 Å². The van der Waals surface area contributed by atoms with E-state index in [-0.39, 0.29) is 5.56 Å².